The minimum Gasteiger partial charge on any atom is -0.461 e. The highest BCUT2D eigenvalue weighted by Crippen LogP contribution is 2.60. The van der Waals surface area contributed by atoms with Crippen LogP contribution in [0.25, 0.3) is 11.1 Å². The predicted molar refractivity (Wildman–Crippen MR) is 102 cm³/mol. The summed E-state index contributed by atoms with van der Waals surface area (Å²) in [6.07, 6.45) is 1.69. The van der Waals surface area contributed by atoms with Crippen molar-refractivity contribution in [3.8, 4) is 11.1 Å². The van der Waals surface area contributed by atoms with E-state index in [2.05, 4.69) is 0 Å². The molecule has 2 aromatic rings. The fourth-order valence-electron chi connectivity index (χ4n) is 3.33. The molecule has 0 unspecified atom stereocenters. The van der Waals surface area contributed by atoms with Crippen LogP contribution in [0.3, 0.4) is 0 Å². The van der Waals surface area contributed by atoms with Crippen molar-refractivity contribution in [1.82, 2.24) is 0 Å². The standard InChI is InChI=1S/C21H19Cl2FO2/c1-21(2)17(11-18(22)23)19(21)20(25)26-12-13-5-3-6-14(9-13)15-7-4-8-16(24)10-15/h3-11,17,19H,12H2,1-2H3/t17-,19-/m0/s1. The summed E-state index contributed by atoms with van der Waals surface area (Å²) in [6, 6.07) is 13.9. The second-order valence-corrected chi connectivity index (χ2v) is 8.11. The molecule has 0 heterocycles. The zero-order chi connectivity index (χ0) is 18.9. The lowest BCUT2D eigenvalue weighted by atomic mass is 10.0. The zero-order valence-electron chi connectivity index (χ0n) is 14.5. The average molecular weight is 393 g/mol. The quantitative estimate of drug-likeness (QED) is 0.572. The van der Waals surface area contributed by atoms with Crippen molar-refractivity contribution in [2.45, 2.75) is 20.5 Å². The molecule has 136 valence electrons. The molecule has 2 aromatic carbocycles. The molecule has 1 aliphatic carbocycles. The van der Waals surface area contributed by atoms with E-state index >= 15 is 0 Å². The van der Waals surface area contributed by atoms with Gasteiger partial charge < -0.3 is 4.74 Å². The van der Waals surface area contributed by atoms with E-state index in [4.69, 9.17) is 27.9 Å². The first-order valence-corrected chi connectivity index (χ1v) is 9.09. The van der Waals surface area contributed by atoms with Gasteiger partial charge in [-0.25, -0.2) is 4.39 Å². The van der Waals surface area contributed by atoms with Crippen LogP contribution in [-0.4, -0.2) is 5.97 Å². The van der Waals surface area contributed by atoms with Crippen molar-refractivity contribution in [1.29, 1.82) is 0 Å². The molecular weight excluding hydrogens is 374 g/mol. The number of carbonyl (C=O) groups excluding carboxylic acids is 1. The Kier molecular flexibility index (Phi) is 5.40. The summed E-state index contributed by atoms with van der Waals surface area (Å²) in [7, 11) is 0. The highest BCUT2D eigenvalue weighted by molar-refractivity contribution is 6.55. The van der Waals surface area contributed by atoms with Gasteiger partial charge in [0.25, 0.3) is 0 Å². The number of hydrogen-bond acceptors (Lipinski definition) is 2. The molecule has 26 heavy (non-hydrogen) atoms. The number of ether oxygens (including phenoxy) is 1. The lowest BCUT2D eigenvalue weighted by Gasteiger charge is -2.08. The number of rotatable bonds is 5. The van der Waals surface area contributed by atoms with Gasteiger partial charge in [-0.15, -0.1) is 0 Å². The molecule has 0 spiro atoms. The SMILES string of the molecule is CC1(C)[C@H](C(=O)OCc2cccc(-c3cccc(F)c3)c2)[C@@H]1C=C(Cl)Cl. The van der Waals surface area contributed by atoms with Crippen LogP contribution in [0.2, 0.25) is 0 Å². The third-order valence-corrected chi connectivity index (χ3v) is 5.19. The highest BCUT2D eigenvalue weighted by Gasteiger charge is 2.61. The van der Waals surface area contributed by atoms with Gasteiger partial charge in [0.2, 0.25) is 0 Å². The normalized spacial score (nSPS) is 20.3. The largest absolute Gasteiger partial charge is 0.461 e. The summed E-state index contributed by atoms with van der Waals surface area (Å²) in [6.45, 7) is 4.14. The fourth-order valence-corrected chi connectivity index (χ4v) is 3.60. The Balaban J connectivity index is 1.66. The van der Waals surface area contributed by atoms with Gasteiger partial charge in [0.15, 0.2) is 0 Å². The topological polar surface area (TPSA) is 26.3 Å². The molecule has 2 nitrogen and oxygen atoms in total. The van der Waals surface area contributed by atoms with E-state index in [1.165, 1.54) is 12.1 Å². The maximum absolute atomic E-state index is 13.4. The summed E-state index contributed by atoms with van der Waals surface area (Å²) in [5.74, 6) is -0.811. The maximum Gasteiger partial charge on any atom is 0.310 e. The molecule has 3 rings (SSSR count). The zero-order valence-corrected chi connectivity index (χ0v) is 16.0. The smallest absolute Gasteiger partial charge is 0.310 e. The molecule has 0 aliphatic heterocycles. The molecule has 1 aliphatic rings. The van der Waals surface area contributed by atoms with Gasteiger partial charge in [-0.3, -0.25) is 4.79 Å². The van der Waals surface area contributed by atoms with Crippen LogP contribution in [0, 0.1) is 23.1 Å². The van der Waals surface area contributed by atoms with Crippen LogP contribution in [0.1, 0.15) is 19.4 Å². The van der Waals surface area contributed by atoms with Crippen LogP contribution in [0.5, 0.6) is 0 Å². The number of esters is 1. The number of hydrogen-bond donors (Lipinski definition) is 0. The molecule has 1 fully saturated rings. The van der Waals surface area contributed by atoms with Gasteiger partial charge in [0, 0.05) is 0 Å². The summed E-state index contributed by atoms with van der Waals surface area (Å²) >= 11 is 11.4. The van der Waals surface area contributed by atoms with Gasteiger partial charge in [-0.2, -0.15) is 0 Å². The first-order valence-electron chi connectivity index (χ1n) is 8.33. The lowest BCUT2D eigenvalue weighted by molar-refractivity contribution is -0.147. The van der Waals surface area contributed by atoms with E-state index < -0.39 is 0 Å². The van der Waals surface area contributed by atoms with Gasteiger partial charge in [-0.05, 0) is 52.3 Å². The Hall–Kier alpha value is -1.84. The molecule has 1 saturated carbocycles. The maximum atomic E-state index is 13.4. The molecule has 0 aromatic heterocycles. The molecule has 0 N–H and O–H groups in total. The summed E-state index contributed by atoms with van der Waals surface area (Å²) in [5, 5.41) is 0. The van der Waals surface area contributed by atoms with E-state index in [0.29, 0.717) is 0 Å². The van der Waals surface area contributed by atoms with E-state index in [-0.39, 0.29) is 40.1 Å². The molecular formula is C21H19Cl2FO2. The van der Waals surface area contributed by atoms with Crippen molar-refractivity contribution >= 4 is 29.2 Å². The van der Waals surface area contributed by atoms with Crippen molar-refractivity contribution in [3.05, 3.63) is 70.5 Å². The summed E-state index contributed by atoms with van der Waals surface area (Å²) in [5.41, 5.74) is 2.29. The minimum atomic E-state index is -0.285. The van der Waals surface area contributed by atoms with E-state index in [1.807, 2.05) is 44.2 Å². The van der Waals surface area contributed by atoms with Crippen LogP contribution in [0.15, 0.2) is 59.1 Å². The van der Waals surface area contributed by atoms with Crippen molar-refractivity contribution < 1.29 is 13.9 Å². The Bertz CT molecular complexity index is 857. The second-order valence-electron chi connectivity index (χ2n) is 7.10. The summed E-state index contributed by atoms with van der Waals surface area (Å²) in [4.78, 5) is 12.4. The number of halogens is 3. The molecule has 0 bridgehead atoms. The Morgan fingerprint density at radius 1 is 1.15 bits per heavy atom. The van der Waals surface area contributed by atoms with Crippen LogP contribution in [0.4, 0.5) is 4.39 Å². The van der Waals surface area contributed by atoms with Crippen molar-refractivity contribution in [2.75, 3.05) is 0 Å². The van der Waals surface area contributed by atoms with Gasteiger partial charge in [0.1, 0.15) is 16.9 Å². The third kappa shape index (κ3) is 4.11. The predicted octanol–water partition coefficient (Wildman–Crippen LogP) is 6.13. The number of benzene rings is 2. The molecule has 0 saturated heterocycles. The van der Waals surface area contributed by atoms with Crippen LogP contribution >= 0.6 is 23.2 Å². The Morgan fingerprint density at radius 2 is 1.81 bits per heavy atom. The van der Waals surface area contributed by atoms with Crippen molar-refractivity contribution in [2.24, 2.45) is 17.3 Å². The van der Waals surface area contributed by atoms with Gasteiger partial charge in [0.05, 0.1) is 5.92 Å². The molecule has 5 heteroatoms. The lowest BCUT2D eigenvalue weighted by Crippen LogP contribution is -2.10. The van der Waals surface area contributed by atoms with Gasteiger partial charge >= 0.3 is 5.97 Å². The first kappa shape index (κ1) is 18.9. The molecule has 0 amide bonds. The average Bonchev–Trinajstić information content (AvgIpc) is 3.12. The van der Waals surface area contributed by atoms with Gasteiger partial charge in [-0.1, -0.05) is 67.4 Å². The van der Waals surface area contributed by atoms with E-state index in [0.717, 1.165) is 16.7 Å². The Labute approximate surface area is 162 Å². The van der Waals surface area contributed by atoms with Crippen LogP contribution in [-0.2, 0) is 16.1 Å². The summed E-state index contributed by atoms with van der Waals surface area (Å²) < 4.78 is 19.1. The fraction of sp³-hybridized carbons (Fsp3) is 0.286. The first-order chi connectivity index (χ1) is 12.3. The second kappa shape index (κ2) is 7.42. The Morgan fingerprint density at radius 3 is 2.46 bits per heavy atom. The molecule has 2 atom stereocenters. The highest BCUT2D eigenvalue weighted by atomic mass is 35.5. The van der Waals surface area contributed by atoms with E-state index in [9.17, 15) is 9.18 Å². The molecule has 0 radical (unpaired) electrons. The number of carbonyl (C=O) groups is 1. The van der Waals surface area contributed by atoms with Crippen molar-refractivity contribution in [3.63, 3.8) is 0 Å². The van der Waals surface area contributed by atoms with E-state index in [1.54, 1.807) is 12.1 Å². The third-order valence-electron chi connectivity index (χ3n) is 4.94. The van der Waals surface area contributed by atoms with Crippen LogP contribution < -0.4 is 0 Å². The minimum absolute atomic E-state index is 0.0152. The number of allylic oxidation sites excluding steroid dienone is 1. The monoisotopic (exact) mass is 392 g/mol.